The van der Waals surface area contributed by atoms with Gasteiger partial charge in [-0.2, -0.15) is 0 Å². The molecule has 0 saturated carbocycles. The van der Waals surface area contributed by atoms with Crippen molar-refractivity contribution in [2.24, 2.45) is 0 Å². The second-order valence-electron chi connectivity index (χ2n) is 5.52. The van der Waals surface area contributed by atoms with Gasteiger partial charge < -0.3 is 10.0 Å². The number of likely N-dealkylation sites (tertiary alicyclic amines) is 1. The van der Waals surface area contributed by atoms with Crippen LogP contribution in [0.1, 0.15) is 24.8 Å². The molecule has 0 bridgehead atoms. The zero-order valence-corrected chi connectivity index (χ0v) is 13.5. The van der Waals surface area contributed by atoms with Crippen LogP contribution < -0.4 is 0 Å². The monoisotopic (exact) mass is 337 g/mol. The van der Waals surface area contributed by atoms with Crippen LogP contribution in [0, 0.1) is 0 Å². The molecule has 2 heterocycles. The molecular formula is C16H16ClNO3S. The van der Waals surface area contributed by atoms with Crippen LogP contribution in [0.15, 0.2) is 23.6 Å². The lowest BCUT2D eigenvalue weighted by atomic mass is 10.0. The highest BCUT2D eigenvalue weighted by molar-refractivity contribution is 7.17. The fourth-order valence-corrected chi connectivity index (χ4v) is 4.06. The number of halogens is 1. The van der Waals surface area contributed by atoms with Gasteiger partial charge in [-0.25, -0.2) is 4.79 Å². The summed E-state index contributed by atoms with van der Waals surface area (Å²) in [5.41, 5.74) is 0.919. The van der Waals surface area contributed by atoms with Crippen LogP contribution >= 0.6 is 22.9 Å². The van der Waals surface area contributed by atoms with Crippen LogP contribution in [0.5, 0.6) is 0 Å². The minimum absolute atomic E-state index is 0.119. The first kappa shape index (κ1) is 15.3. The van der Waals surface area contributed by atoms with Gasteiger partial charge in [0.15, 0.2) is 0 Å². The summed E-state index contributed by atoms with van der Waals surface area (Å²) in [4.78, 5) is 25.4. The van der Waals surface area contributed by atoms with Crippen molar-refractivity contribution in [3.05, 3.63) is 34.2 Å². The third-order valence-electron chi connectivity index (χ3n) is 4.07. The maximum absolute atomic E-state index is 12.5. The maximum Gasteiger partial charge on any atom is 0.326 e. The molecule has 1 saturated heterocycles. The normalized spacial score (nSPS) is 18.6. The minimum Gasteiger partial charge on any atom is -0.480 e. The van der Waals surface area contributed by atoms with Crippen LogP contribution in [0.25, 0.3) is 10.1 Å². The zero-order valence-electron chi connectivity index (χ0n) is 11.9. The molecule has 0 radical (unpaired) electrons. The van der Waals surface area contributed by atoms with Gasteiger partial charge in [-0.15, -0.1) is 11.3 Å². The van der Waals surface area contributed by atoms with Crippen molar-refractivity contribution in [1.82, 2.24) is 4.90 Å². The van der Waals surface area contributed by atoms with Crippen molar-refractivity contribution >= 4 is 44.9 Å². The van der Waals surface area contributed by atoms with Crippen molar-refractivity contribution in [3.8, 4) is 0 Å². The van der Waals surface area contributed by atoms with Crippen molar-refractivity contribution < 1.29 is 14.7 Å². The number of carbonyl (C=O) groups excluding carboxylic acids is 1. The Morgan fingerprint density at radius 2 is 2.18 bits per heavy atom. The second kappa shape index (κ2) is 6.26. The van der Waals surface area contributed by atoms with E-state index in [0.29, 0.717) is 18.0 Å². The first-order valence-corrected chi connectivity index (χ1v) is 8.50. The Bertz CT molecular complexity index is 727. The molecule has 1 aliphatic rings. The number of carboxylic acid groups (broad SMARTS) is 1. The molecule has 22 heavy (non-hydrogen) atoms. The van der Waals surface area contributed by atoms with E-state index in [9.17, 15) is 14.7 Å². The third-order valence-corrected chi connectivity index (χ3v) is 5.31. The van der Waals surface area contributed by atoms with Crippen molar-refractivity contribution in [1.29, 1.82) is 0 Å². The first-order chi connectivity index (χ1) is 10.6. The summed E-state index contributed by atoms with van der Waals surface area (Å²) in [6, 6.07) is 4.95. The summed E-state index contributed by atoms with van der Waals surface area (Å²) in [7, 11) is 0. The smallest absolute Gasteiger partial charge is 0.326 e. The number of hydrogen-bond donors (Lipinski definition) is 1. The highest BCUT2D eigenvalue weighted by atomic mass is 35.5. The largest absolute Gasteiger partial charge is 0.480 e. The Hall–Kier alpha value is -1.59. The van der Waals surface area contributed by atoms with Gasteiger partial charge in [-0.05, 0) is 53.8 Å². The van der Waals surface area contributed by atoms with Gasteiger partial charge >= 0.3 is 5.97 Å². The third kappa shape index (κ3) is 2.96. The average Bonchev–Trinajstić information content (AvgIpc) is 2.89. The summed E-state index contributed by atoms with van der Waals surface area (Å²) in [5, 5.41) is 12.9. The Morgan fingerprint density at radius 1 is 1.36 bits per heavy atom. The Labute approximate surface area is 137 Å². The molecule has 0 unspecified atom stereocenters. The van der Waals surface area contributed by atoms with Gasteiger partial charge in [-0.1, -0.05) is 11.6 Å². The Morgan fingerprint density at radius 3 is 2.95 bits per heavy atom. The standard InChI is InChI=1S/C16H16ClNO3S/c17-11-4-5-14-12(8-11)10(9-22-14)7-15(19)18-6-2-1-3-13(18)16(20)21/h4-5,8-9,13H,1-3,6-7H2,(H,20,21)/t13-/m1/s1. The van der Waals surface area contributed by atoms with Gasteiger partial charge in [-0.3, -0.25) is 4.79 Å². The number of benzene rings is 1. The number of carboxylic acids is 1. The van der Waals surface area contributed by atoms with Crippen LogP contribution in [0.2, 0.25) is 5.02 Å². The summed E-state index contributed by atoms with van der Waals surface area (Å²) in [5.74, 6) is -1.03. The molecule has 116 valence electrons. The summed E-state index contributed by atoms with van der Waals surface area (Å²) < 4.78 is 1.08. The predicted molar refractivity (Wildman–Crippen MR) is 87.5 cm³/mol. The van der Waals surface area contributed by atoms with Crippen molar-refractivity contribution in [2.75, 3.05) is 6.54 Å². The fraction of sp³-hybridized carbons (Fsp3) is 0.375. The highest BCUT2D eigenvalue weighted by Gasteiger charge is 2.31. The number of amides is 1. The van der Waals surface area contributed by atoms with E-state index in [2.05, 4.69) is 0 Å². The van der Waals surface area contributed by atoms with Crippen molar-refractivity contribution in [2.45, 2.75) is 31.7 Å². The number of fused-ring (bicyclic) bond motifs is 1. The van der Waals surface area contributed by atoms with Crippen LogP contribution in [0.4, 0.5) is 0 Å². The van der Waals surface area contributed by atoms with Crippen LogP contribution in [0.3, 0.4) is 0 Å². The van der Waals surface area contributed by atoms with Crippen LogP contribution in [-0.4, -0.2) is 34.5 Å². The predicted octanol–water partition coefficient (Wildman–Crippen LogP) is 3.56. The number of piperidine rings is 1. The number of rotatable bonds is 3. The second-order valence-corrected chi connectivity index (χ2v) is 6.86. The SMILES string of the molecule is O=C(O)[C@H]1CCCCN1C(=O)Cc1csc2ccc(Cl)cc12. The molecule has 1 aromatic carbocycles. The zero-order chi connectivity index (χ0) is 15.7. The van der Waals surface area contributed by atoms with Gasteiger partial charge in [0.05, 0.1) is 6.42 Å². The summed E-state index contributed by atoms with van der Waals surface area (Å²) in [6.07, 6.45) is 2.49. The van der Waals surface area contributed by atoms with E-state index in [4.69, 9.17) is 11.6 Å². The first-order valence-electron chi connectivity index (χ1n) is 7.24. The molecule has 2 aromatic rings. The minimum atomic E-state index is -0.911. The maximum atomic E-state index is 12.5. The molecule has 6 heteroatoms. The van der Waals surface area contributed by atoms with Gasteiger partial charge in [0.25, 0.3) is 0 Å². The van der Waals surface area contributed by atoms with Gasteiger partial charge in [0.1, 0.15) is 6.04 Å². The number of thiophene rings is 1. The Balaban J connectivity index is 1.83. The van der Waals surface area contributed by atoms with E-state index in [1.165, 1.54) is 4.90 Å². The van der Waals surface area contributed by atoms with E-state index in [0.717, 1.165) is 28.5 Å². The molecule has 1 aliphatic heterocycles. The molecular weight excluding hydrogens is 322 g/mol. The fourth-order valence-electron chi connectivity index (χ4n) is 2.94. The quantitative estimate of drug-likeness (QED) is 0.931. The van der Waals surface area contributed by atoms with E-state index in [1.54, 1.807) is 11.3 Å². The highest BCUT2D eigenvalue weighted by Crippen LogP contribution is 2.29. The molecule has 1 N–H and O–H groups in total. The summed E-state index contributed by atoms with van der Waals surface area (Å²) in [6.45, 7) is 0.526. The van der Waals surface area contributed by atoms with Crippen LogP contribution in [-0.2, 0) is 16.0 Å². The van der Waals surface area contributed by atoms with Gasteiger partial charge in [0, 0.05) is 16.3 Å². The lowest BCUT2D eigenvalue weighted by Crippen LogP contribution is -2.48. The molecule has 1 fully saturated rings. The number of carbonyl (C=O) groups is 2. The Kier molecular flexibility index (Phi) is 4.36. The van der Waals surface area contributed by atoms with E-state index >= 15 is 0 Å². The molecule has 3 rings (SSSR count). The molecule has 1 atom stereocenters. The topological polar surface area (TPSA) is 57.6 Å². The number of aliphatic carboxylic acids is 1. The van der Waals surface area contributed by atoms with E-state index < -0.39 is 12.0 Å². The van der Waals surface area contributed by atoms with E-state index in [-0.39, 0.29) is 12.3 Å². The lowest BCUT2D eigenvalue weighted by Gasteiger charge is -2.33. The van der Waals surface area contributed by atoms with Gasteiger partial charge in [0.2, 0.25) is 5.91 Å². The molecule has 1 amide bonds. The average molecular weight is 338 g/mol. The molecule has 0 aliphatic carbocycles. The van der Waals surface area contributed by atoms with E-state index in [1.807, 2.05) is 23.6 Å². The molecule has 4 nitrogen and oxygen atoms in total. The summed E-state index contributed by atoms with van der Waals surface area (Å²) >= 11 is 7.60. The number of nitrogens with zero attached hydrogens (tertiary/aromatic N) is 1. The van der Waals surface area contributed by atoms with Crippen molar-refractivity contribution in [3.63, 3.8) is 0 Å². The number of hydrogen-bond acceptors (Lipinski definition) is 3. The lowest BCUT2D eigenvalue weighted by molar-refractivity contribution is -0.151. The molecule has 1 aromatic heterocycles. The molecule has 0 spiro atoms.